The van der Waals surface area contributed by atoms with E-state index in [2.05, 4.69) is 50.2 Å². The SMILES string of the molecule is Cc1cc(C)c(CNCCN(C)C2CC2)cc1C. The van der Waals surface area contributed by atoms with Crippen LogP contribution in [0.3, 0.4) is 0 Å². The molecule has 0 bridgehead atoms. The van der Waals surface area contributed by atoms with Gasteiger partial charge in [0, 0.05) is 25.7 Å². The van der Waals surface area contributed by atoms with Gasteiger partial charge >= 0.3 is 0 Å². The Labute approximate surface area is 111 Å². The molecule has 0 aromatic heterocycles. The van der Waals surface area contributed by atoms with Crippen LogP contribution in [0.25, 0.3) is 0 Å². The highest BCUT2D eigenvalue weighted by molar-refractivity contribution is 5.36. The average Bonchev–Trinajstić information content (AvgIpc) is 3.14. The van der Waals surface area contributed by atoms with Gasteiger partial charge < -0.3 is 10.2 Å². The molecule has 0 unspecified atom stereocenters. The second kappa shape index (κ2) is 5.85. The van der Waals surface area contributed by atoms with E-state index in [1.807, 2.05) is 0 Å². The number of aryl methyl sites for hydroxylation is 3. The summed E-state index contributed by atoms with van der Waals surface area (Å²) < 4.78 is 0. The second-order valence-corrected chi connectivity index (χ2v) is 5.75. The molecule has 1 aliphatic rings. The fraction of sp³-hybridized carbons (Fsp3) is 0.625. The molecule has 0 heterocycles. The summed E-state index contributed by atoms with van der Waals surface area (Å²) in [6, 6.07) is 5.49. The molecule has 0 amide bonds. The average molecular weight is 246 g/mol. The second-order valence-electron chi connectivity index (χ2n) is 5.75. The summed E-state index contributed by atoms with van der Waals surface area (Å²) in [5, 5.41) is 3.56. The minimum absolute atomic E-state index is 0.871. The Kier molecular flexibility index (Phi) is 4.41. The maximum absolute atomic E-state index is 3.56. The summed E-state index contributed by atoms with van der Waals surface area (Å²) in [6.45, 7) is 9.82. The molecule has 2 nitrogen and oxygen atoms in total. The van der Waals surface area contributed by atoms with Crippen molar-refractivity contribution in [2.75, 3.05) is 20.1 Å². The Morgan fingerprint density at radius 1 is 1.11 bits per heavy atom. The third-order valence-corrected chi connectivity index (χ3v) is 4.08. The fourth-order valence-corrected chi connectivity index (χ4v) is 2.39. The van der Waals surface area contributed by atoms with Crippen LogP contribution in [0.4, 0.5) is 0 Å². The number of benzene rings is 1. The van der Waals surface area contributed by atoms with Crippen LogP contribution in [-0.2, 0) is 6.54 Å². The maximum atomic E-state index is 3.56. The maximum Gasteiger partial charge on any atom is 0.0208 e. The number of nitrogens with one attached hydrogen (secondary N) is 1. The molecular weight excluding hydrogens is 220 g/mol. The molecule has 2 rings (SSSR count). The minimum atomic E-state index is 0.871. The lowest BCUT2D eigenvalue weighted by atomic mass is 10.0. The third kappa shape index (κ3) is 3.56. The van der Waals surface area contributed by atoms with Crippen molar-refractivity contribution in [2.45, 2.75) is 46.2 Å². The van der Waals surface area contributed by atoms with Crippen molar-refractivity contribution in [3.8, 4) is 0 Å². The van der Waals surface area contributed by atoms with E-state index >= 15 is 0 Å². The summed E-state index contributed by atoms with van der Waals surface area (Å²) in [5.74, 6) is 0. The van der Waals surface area contributed by atoms with E-state index in [0.29, 0.717) is 0 Å². The van der Waals surface area contributed by atoms with Crippen molar-refractivity contribution in [1.29, 1.82) is 0 Å². The normalized spacial score (nSPS) is 15.4. The van der Waals surface area contributed by atoms with E-state index in [1.54, 1.807) is 0 Å². The van der Waals surface area contributed by atoms with Crippen LogP contribution in [0, 0.1) is 20.8 Å². The molecule has 100 valence electrons. The fourth-order valence-electron chi connectivity index (χ4n) is 2.39. The van der Waals surface area contributed by atoms with Gasteiger partial charge in [-0.1, -0.05) is 12.1 Å². The van der Waals surface area contributed by atoms with E-state index in [0.717, 1.165) is 25.7 Å². The number of hydrogen-bond donors (Lipinski definition) is 1. The summed E-state index contributed by atoms with van der Waals surface area (Å²) in [4.78, 5) is 2.47. The highest BCUT2D eigenvalue weighted by atomic mass is 15.2. The number of hydrogen-bond acceptors (Lipinski definition) is 2. The molecule has 0 radical (unpaired) electrons. The van der Waals surface area contributed by atoms with Crippen molar-refractivity contribution in [2.24, 2.45) is 0 Å². The van der Waals surface area contributed by atoms with Gasteiger partial charge in [0.25, 0.3) is 0 Å². The Morgan fingerprint density at radius 3 is 2.44 bits per heavy atom. The van der Waals surface area contributed by atoms with E-state index in [1.165, 1.54) is 35.1 Å². The highest BCUT2D eigenvalue weighted by Gasteiger charge is 2.25. The van der Waals surface area contributed by atoms with Gasteiger partial charge in [-0.3, -0.25) is 0 Å². The highest BCUT2D eigenvalue weighted by Crippen LogP contribution is 2.24. The molecule has 0 saturated heterocycles. The molecule has 1 N–H and O–H groups in total. The standard InChI is InChI=1S/C16H26N2/c1-12-9-14(3)15(10-13(12)2)11-17-7-8-18(4)16-5-6-16/h9-10,16-17H,5-8,11H2,1-4H3. The minimum Gasteiger partial charge on any atom is -0.311 e. The molecule has 0 aliphatic heterocycles. The molecule has 0 atom stereocenters. The topological polar surface area (TPSA) is 15.3 Å². The van der Waals surface area contributed by atoms with Gasteiger partial charge in [0.15, 0.2) is 0 Å². The number of likely N-dealkylation sites (N-methyl/N-ethyl adjacent to an activating group) is 1. The summed E-state index contributed by atoms with van der Waals surface area (Å²) in [5.41, 5.74) is 5.63. The zero-order valence-electron chi connectivity index (χ0n) is 12.2. The molecular formula is C16H26N2. The molecule has 18 heavy (non-hydrogen) atoms. The van der Waals surface area contributed by atoms with Crippen LogP contribution in [0.15, 0.2) is 12.1 Å². The zero-order chi connectivity index (χ0) is 13.1. The lowest BCUT2D eigenvalue weighted by molar-refractivity contribution is 0.321. The van der Waals surface area contributed by atoms with Crippen molar-refractivity contribution < 1.29 is 0 Å². The molecule has 1 saturated carbocycles. The van der Waals surface area contributed by atoms with E-state index in [9.17, 15) is 0 Å². The Balaban J connectivity index is 1.77. The summed E-state index contributed by atoms with van der Waals surface area (Å²) in [6.07, 6.45) is 2.79. The van der Waals surface area contributed by atoms with Gasteiger partial charge in [-0.25, -0.2) is 0 Å². The molecule has 1 aromatic carbocycles. The largest absolute Gasteiger partial charge is 0.311 e. The van der Waals surface area contributed by atoms with Crippen molar-refractivity contribution in [3.63, 3.8) is 0 Å². The number of rotatable bonds is 6. The van der Waals surface area contributed by atoms with Crippen LogP contribution in [0.5, 0.6) is 0 Å². The van der Waals surface area contributed by atoms with Gasteiger partial charge in [-0.2, -0.15) is 0 Å². The van der Waals surface area contributed by atoms with Crippen molar-refractivity contribution in [3.05, 3.63) is 34.4 Å². The summed E-state index contributed by atoms with van der Waals surface area (Å²) >= 11 is 0. The van der Waals surface area contributed by atoms with Gasteiger partial charge in [0.1, 0.15) is 0 Å². The van der Waals surface area contributed by atoms with E-state index < -0.39 is 0 Å². The molecule has 0 spiro atoms. The lowest BCUT2D eigenvalue weighted by Crippen LogP contribution is -2.30. The first kappa shape index (κ1) is 13.6. The predicted molar refractivity (Wildman–Crippen MR) is 78.0 cm³/mol. The van der Waals surface area contributed by atoms with Crippen LogP contribution in [-0.4, -0.2) is 31.1 Å². The van der Waals surface area contributed by atoms with E-state index in [-0.39, 0.29) is 0 Å². The first-order valence-corrected chi connectivity index (χ1v) is 7.05. The third-order valence-electron chi connectivity index (χ3n) is 4.08. The van der Waals surface area contributed by atoms with Gasteiger partial charge in [-0.05, 0) is 62.9 Å². The first-order valence-electron chi connectivity index (χ1n) is 7.05. The van der Waals surface area contributed by atoms with Crippen molar-refractivity contribution in [1.82, 2.24) is 10.2 Å². The predicted octanol–water partition coefficient (Wildman–Crippen LogP) is 2.80. The van der Waals surface area contributed by atoms with E-state index in [4.69, 9.17) is 0 Å². The van der Waals surface area contributed by atoms with Crippen LogP contribution in [0.2, 0.25) is 0 Å². The Morgan fingerprint density at radius 2 is 1.78 bits per heavy atom. The Hall–Kier alpha value is -0.860. The molecule has 1 fully saturated rings. The molecule has 2 heteroatoms. The monoisotopic (exact) mass is 246 g/mol. The van der Waals surface area contributed by atoms with Gasteiger partial charge in [-0.15, -0.1) is 0 Å². The summed E-state index contributed by atoms with van der Waals surface area (Å²) in [7, 11) is 2.24. The van der Waals surface area contributed by atoms with Gasteiger partial charge in [0.2, 0.25) is 0 Å². The first-order chi connectivity index (χ1) is 8.58. The molecule has 1 aliphatic carbocycles. The van der Waals surface area contributed by atoms with Crippen molar-refractivity contribution >= 4 is 0 Å². The van der Waals surface area contributed by atoms with Crippen LogP contribution >= 0.6 is 0 Å². The van der Waals surface area contributed by atoms with Crippen LogP contribution < -0.4 is 5.32 Å². The number of nitrogens with zero attached hydrogens (tertiary/aromatic N) is 1. The smallest absolute Gasteiger partial charge is 0.0208 e. The Bertz CT molecular complexity index is 408. The quantitative estimate of drug-likeness (QED) is 0.777. The van der Waals surface area contributed by atoms with Gasteiger partial charge in [0.05, 0.1) is 0 Å². The zero-order valence-corrected chi connectivity index (χ0v) is 12.2. The van der Waals surface area contributed by atoms with Crippen LogP contribution in [0.1, 0.15) is 35.1 Å². The molecule has 1 aromatic rings. The lowest BCUT2D eigenvalue weighted by Gasteiger charge is -2.16.